The molecule has 0 radical (unpaired) electrons. The molecule has 0 aliphatic heterocycles. The van der Waals surface area contributed by atoms with Gasteiger partial charge in [0.2, 0.25) is 11.8 Å². The lowest BCUT2D eigenvalue weighted by Gasteiger charge is -2.18. The standard InChI is InChI=1S/C15H15N7O3/c1-15(2,13(23)24)7-21-6-8-10(19-21)18-14(16)22-12(8)17-11(20-22)9-4-3-5-25-9/h3-6H,7H2,1-2H3,(H,23,24)(H2,16,18,19). The van der Waals surface area contributed by atoms with Crippen LogP contribution in [0.25, 0.3) is 28.3 Å². The van der Waals surface area contributed by atoms with Gasteiger partial charge in [0.1, 0.15) is 0 Å². The van der Waals surface area contributed by atoms with Gasteiger partial charge in [0.05, 0.1) is 23.6 Å². The van der Waals surface area contributed by atoms with E-state index in [2.05, 4.69) is 20.2 Å². The van der Waals surface area contributed by atoms with Crippen LogP contribution < -0.4 is 5.73 Å². The molecule has 0 spiro atoms. The van der Waals surface area contributed by atoms with E-state index < -0.39 is 11.4 Å². The molecule has 128 valence electrons. The third-order valence-corrected chi connectivity index (χ3v) is 3.91. The lowest BCUT2D eigenvalue weighted by molar-refractivity contribution is -0.147. The number of carboxylic acids is 1. The van der Waals surface area contributed by atoms with Crippen LogP contribution in [0.15, 0.2) is 29.0 Å². The van der Waals surface area contributed by atoms with Crippen molar-refractivity contribution in [1.29, 1.82) is 0 Å². The van der Waals surface area contributed by atoms with E-state index in [1.54, 1.807) is 32.2 Å². The van der Waals surface area contributed by atoms with Crippen molar-refractivity contribution in [3.63, 3.8) is 0 Å². The fourth-order valence-corrected chi connectivity index (χ4v) is 2.52. The molecule has 3 N–H and O–H groups in total. The van der Waals surface area contributed by atoms with Gasteiger partial charge in [-0.05, 0) is 26.0 Å². The fraction of sp³-hybridized carbons (Fsp3) is 0.267. The minimum absolute atomic E-state index is 0.135. The summed E-state index contributed by atoms with van der Waals surface area (Å²) in [7, 11) is 0. The Morgan fingerprint density at radius 3 is 2.84 bits per heavy atom. The van der Waals surface area contributed by atoms with E-state index in [1.165, 1.54) is 15.5 Å². The Morgan fingerprint density at radius 2 is 2.16 bits per heavy atom. The number of aliphatic carboxylic acids is 1. The molecule has 0 aromatic carbocycles. The van der Waals surface area contributed by atoms with Gasteiger partial charge < -0.3 is 15.3 Å². The zero-order valence-electron chi connectivity index (χ0n) is 13.5. The third kappa shape index (κ3) is 2.38. The number of rotatable bonds is 4. The van der Waals surface area contributed by atoms with Gasteiger partial charge in [-0.25, -0.2) is 4.98 Å². The van der Waals surface area contributed by atoms with Crippen LogP contribution in [0, 0.1) is 5.41 Å². The van der Waals surface area contributed by atoms with Gasteiger partial charge in [-0.3, -0.25) is 9.48 Å². The summed E-state index contributed by atoms with van der Waals surface area (Å²) in [5.74, 6) is 0.114. The molecule has 4 aromatic rings. The minimum atomic E-state index is -0.975. The molecular formula is C15H15N7O3. The number of carboxylic acid groups (broad SMARTS) is 1. The van der Waals surface area contributed by atoms with Crippen molar-refractivity contribution in [2.45, 2.75) is 20.4 Å². The Bertz CT molecular complexity index is 1090. The minimum Gasteiger partial charge on any atom is -0.481 e. The van der Waals surface area contributed by atoms with Gasteiger partial charge in [0.25, 0.3) is 0 Å². The number of fused-ring (bicyclic) bond motifs is 3. The largest absolute Gasteiger partial charge is 0.481 e. The van der Waals surface area contributed by atoms with Crippen LogP contribution in [-0.4, -0.2) is 40.4 Å². The van der Waals surface area contributed by atoms with Crippen molar-refractivity contribution < 1.29 is 14.3 Å². The lowest BCUT2D eigenvalue weighted by atomic mass is 9.94. The van der Waals surface area contributed by atoms with Crippen LogP contribution >= 0.6 is 0 Å². The molecule has 0 bridgehead atoms. The Balaban J connectivity index is 1.87. The molecule has 0 aliphatic carbocycles. The van der Waals surface area contributed by atoms with Crippen molar-refractivity contribution in [3.8, 4) is 11.6 Å². The van der Waals surface area contributed by atoms with Crippen molar-refractivity contribution >= 4 is 28.6 Å². The second kappa shape index (κ2) is 5.03. The van der Waals surface area contributed by atoms with Crippen LogP contribution in [0.5, 0.6) is 0 Å². The Hall–Kier alpha value is -3.43. The van der Waals surface area contributed by atoms with Crippen molar-refractivity contribution in [1.82, 2.24) is 29.4 Å². The molecule has 10 heteroatoms. The molecule has 4 rings (SSSR count). The Kier molecular flexibility index (Phi) is 3.04. The van der Waals surface area contributed by atoms with Crippen LogP contribution in [0.3, 0.4) is 0 Å². The van der Waals surface area contributed by atoms with Gasteiger partial charge in [0, 0.05) is 6.20 Å². The quantitative estimate of drug-likeness (QED) is 0.568. The number of hydrogen-bond donors (Lipinski definition) is 2. The molecule has 0 atom stereocenters. The average molecular weight is 341 g/mol. The van der Waals surface area contributed by atoms with E-state index in [9.17, 15) is 9.90 Å². The van der Waals surface area contributed by atoms with Gasteiger partial charge >= 0.3 is 5.97 Å². The van der Waals surface area contributed by atoms with E-state index in [0.717, 1.165) is 0 Å². The summed E-state index contributed by atoms with van der Waals surface area (Å²) < 4.78 is 8.26. The first kappa shape index (κ1) is 15.1. The number of anilines is 1. The number of hydrogen-bond acceptors (Lipinski definition) is 7. The second-order valence-electron chi connectivity index (χ2n) is 6.37. The maximum atomic E-state index is 11.3. The highest BCUT2D eigenvalue weighted by atomic mass is 16.4. The maximum Gasteiger partial charge on any atom is 0.310 e. The highest BCUT2D eigenvalue weighted by molar-refractivity contribution is 5.90. The first-order valence-corrected chi connectivity index (χ1v) is 7.52. The highest BCUT2D eigenvalue weighted by Crippen LogP contribution is 2.24. The summed E-state index contributed by atoms with van der Waals surface area (Å²) in [6, 6.07) is 3.48. The number of furan rings is 1. The van der Waals surface area contributed by atoms with E-state index in [-0.39, 0.29) is 12.5 Å². The zero-order valence-corrected chi connectivity index (χ0v) is 13.5. The number of nitrogens with two attached hydrogens (primary N) is 1. The molecule has 0 fully saturated rings. The molecule has 25 heavy (non-hydrogen) atoms. The van der Waals surface area contributed by atoms with Gasteiger partial charge in [-0.1, -0.05) is 0 Å². The number of carbonyl (C=O) groups is 1. The predicted molar refractivity (Wildman–Crippen MR) is 87.6 cm³/mol. The molecule has 4 aromatic heterocycles. The molecule has 0 aliphatic rings. The van der Waals surface area contributed by atoms with E-state index in [1.807, 2.05) is 0 Å². The SMILES string of the molecule is CC(C)(Cn1cc2c(nc(N)n3nc(-c4ccco4)nc23)n1)C(=O)O. The summed E-state index contributed by atoms with van der Waals surface area (Å²) >= 11 is 0. The van der Waals surface area contributed by atoms with Crippen LogP contribution in [0.1, 0.15) is 13.8 Å². The van der Waals surface area contributed by atoms with E-state index in [4.69, 9.17) is 10.2 Å². The van der Waals surface area contributed by atoms with Crippen LogP contribution in [-0.2, 0) is 11.3 Å². The third-order valence-electron chi connectivity index (χ3n) is 3.91. The summed E-state index contributed by atoms with van der Waals surface area (Å²) in [4.78, 5) is 20.0. The Morgan fingerprint density at radius 1 is 1.36 bits per heavy atom. The monoisotopic (exact) mass is 341 g/mol. The smallest absolute Gasteiger partial charge is 0.310 e. The highest BCUT2D eigenvalue weighted by Gasteiger charge is 2.28. The van der Waals surface area contributed by atoms with Gasteiger partial charge in [0.15, 0.2) is 17.1 Å². The second-order valence-corrected chi connectivity index (χ2v) is 6.37. The van der Waals surface area contributed by atoms with Crippen LogP contribution in [0.4, 0.5) is 5.95 Å². The van der Waals surface area contributed by atoms with Gasteiger partial charge in [-0.2, -0.15) is 14.6 Å². The van der Waals surface area contributed by atoms with Crippen molar-refractivity contribution in [2.24, 2.45) is 5.41 Å². The van der Waals surface area contributed by atoms with Crippen LogP contribution in [0.2, 0.25) is 0 Å². The summed E-state index contributed by atoms with van der Waals surface area (Å²) in [6.07, 6.45) is 3.23. The molecule has 4 heterocycles. The molecule has 0 saturated heterocycles. The normalized spacial score (nSPS) is 12.2. The van der Waals surface area contributed by atoms with Crippen molar-refractivity contribution in [2.75, 3.05) is 5.73 Å². The first-order chi connectivity index (χ1) is 11.8. The first-order valence-electron chi connectivity index (χ1n) is 7.52. The predicted octanol–water partition coefficient (Wildman–Crippen LogP) is 1.43. The summed E-state index contributed by atoms with van der Waals surface area (Å²) in [5.41, 5.74) is 5.83. The van der Waals surface area contributed by atoms with Gasteiger partial charge in [-0.15, -0.1) is 5.10 Å². The molecule has 10 nitrogen and oxygen atoms in total. The molecule has 0 amide bonds. The average Bonchev–Trinajstić information content (AvgIpc) is 3.24. The molecule has 0 saturated carbocycles. The van der Waals surface area contributed by atoms with Crippen molar-refractivity contribution in [3.05, 3.63) is 24.6 Å². The zero-order chi connectivity index (χ0) is 17.8. The maximum absolute atomic E-state index is 11.3. The van der Waals surface area contributed by atoms with E-state index in [0.29, 0.717) is 28.3 Å². The summed E-state index contributed by atoms with van der Waals surface area (Å²) in [6.45, 7) is 3.44. The number of nitrogens with zero attached hydrogens (tertiary/aromatic N) is 6. The molecule has 0 unspecified atom stereocenters. The number of aromatic nitrogens is 6. The Labute approximate surface area is 140 Å². The van der Waals surface area contributed by atoms with E-state index >= 15 is 0 Å². The fourth-order valence-electron chi connectivity index (χ4n) is 2.52. The topological polar surface area (TPSA) is 137 Å². The lowest BCUT2D eigenvalue weighted by Crippen LogP contribution is -2.29. The molecular weight excluding hydrogens is 326 g/mol. The number of nitrogen functional groups attached to an aromatic ring is 1. The summed E-state index contributed by atoms with van der Waals surface area (Å²) in [5, 5.41) is 18.5.